The maximum Gasteiger partial charge on any atom is 0.348 e. The van der Waals surface area contributed by atoms with Crippen molar-refractivity contribution < 1.29 is 14.3 Å². The van der Waals surface area contributed by atoms with Crippen molar-refractivity contribution in [2.24, 2.45) is 0 Å². The summed E-state index contributed by atoms with van der Waals surface area (Å²) in [5.74, 6) is -0.615. The van der Waals surface area contributed by atoms with E-state index in [0.29, 0.717) is 9.90 Å². The number of halogens is 1. The number of carbonyl (C=O) groups is 2. The monoisotopic (exact) mass is 403 g/mol. The van der Waals surface area contributed by atoms with E-state index in [9.17, 15) is 9.59 Å². The summed E-state index contributed by atoms with van der Waals surface area (Å²) in [5, 5.41) is 6.09. The van der Waals surface area contributed by atoms with Gasteiger partial charge in [0.2, 0.25) is 0 Å². The average molecular weight is 404 g/mol. The van der Waals surface area contributed by atoms with E-state index < -0.39 is 5.97 Å². The number of fused-ring (bicyclic) bond motifs is 1. The molecule has 1 aromatic carbocycles. The summed E-state index contributed by atoms with van der Waals surface area (Å²) < 4.78 is 7.03. The maximum absolute atomic E-state index is 12.4. The number of ether oxygens (including phenoxy) is 1. The lowest BCUT2D eigenvalue weighted by atomic mass is 10.3. The third kappa shape index (κ3) is 3.57. The van der Waals surface area contributed by atoms with Crippen LogP contribution >= 0.6 is 22.9 Å². The summed E-state index contributed by atoms with van der Waals surface area (Å²) in [7, 11) is 0. The Balaban J connectivity index is 1.54. The number of amides is 1. The fourth-order valence-electron chi connectivity index (χ4n) is 3.16. The van der Waals surface area contributed by atoms with E-state index in [4.69, 9.17) is 16.3 Å². The predicted molar refractivity (Wildman–Crippen MR) is 105 cm³/mol. The van der Waals surface area contributed by atoms with Crippen molar-refractivity contribution in [2.45, 2.75) is 19.8 Å². The van der Waals surface area contributed by atoms with E-state index in [1.54, 1.807) is 27.8 Å². The maximum atomic E-state index is 12.4. The standard InChI is InChI=1S/C19H18ClN3O3S/c1-12-15-10-16(19(25)26-11-17(24)22-8-2-3-9-22)27-18(15)23(21-12)14-6-4-13(20)5-7-14/h4-7,10H,2-3,8-9,11H2,1H3. The second-order valence-electron chi connectivity index (χ2n) is 6.47. The highest BCUT2D eigenvalue weighted by Crippen LogP contribution is 2.31. The number of benzene rings is 1. The van der Waals surface area contributed by atoms with Crippen molar-refractivity contribution in [3.63, 3.8) is 0 Å². The van der Waals surface area contributed by atoms with E-state index in [1.807, 2.05) is 19.1 Å². The van der Waals surface area contributed by atoms with Gasteiger partial charge in [0.25, 0.3) is 5.91 Å². The number of likely N-dealkylation sites (tertiary alicyclic amines) is 1. The average Bonchev–Trinajstić information content (AvgIpc) is 3.39. The highest BCUT2D eigenvalue weighted by atomic mass is 35.5. The van der Waals surface area contributed by atoms with Crippen LogP contribution in [0.15, 0.2) is 30.3 Å². The van der Waals surface area contributed by atoms with E-state index in [-0.39, 0.29) is 12.5 Å². The lowest BCUT2D eigenvalue weighted by Crippen LogP contribution is -2.31. The quantitative estimate of drug-likeness (QED) is 0.621. The molecular formula is C19H18ClN3O3S. The van der Waals surface area contributed by atoms with Gasteiger partial charge < -0.3 is 9.64 Å². The minimum absolute atomic E-state index is 0.134. The molecule has 1 aliphatic heterocycles. The molecule has 0 unspecified atom stereocenters. The molecular weight excluding hydrogens is 386 g/mol. The number of esters is 1. The Morgan fingerprint density at radius 1 is 1.22 bits per heavy atom. The van der Waals surface area contributed by atoms with Crippen molar-refractivity contribution >= 4 is 45.0 Å². The summed E-state index contributed by atoms with van der Waals surface area (Å²) in [5.41, 5.74) is 1.69. The van der Waals surface area contributed by atoms with E-state index >= 15 is 0 Å². The minimum Gasteiger partial charge on any atom is -0.451 e. The summed E-state index contributed by atoms with van der Waals surface area (Å²) in [6.45, 7) is 3.17. The van der Waals surface area contributed by atoms with Crippen LogP contribution in [0.4, 0.5) is 0 Å². The predicted octanol–water partition coefficient (Wildman–Crippen LogP) is 3.83. The Labute approximate surface area is 165 Å². The molecule has 1 aliphatic rings. The normalized spacial score (nSPS) is 14.1. The molecule has 0 radical (unpaired) electrons. The number of carbonyl (C=O) groups excluding carboxylic acids is 2. The van der Waals surface area contributed by atoms with Gasteiger partial charge in [-0.05, 0) is 50.1 Å². The molecule has 1 saturated heterocycles. The first kappa shape index (κ1) is 18.0. The van der Waals surface area contributed by atoms with E-state index in [2.05, 4.69) is 5.10 Å². The van der Waals surface area contributed by atoms with Crippen LogP contribution in [0.25, 0.3) is 15.9 Å². The largest absolute Gasteiger partial charge is 0.451 e. The molecule has 4 rings (SSSR count). The zero-order valence-electron chi connectivity index (χ0n) is 14.8. The number of hydrogen-bond acceptors (Lipinski definition) is 5. The first-order chi connectivity index (χ1) is 13.0. The van der Waals surface area contributed by atoms with Crippen LogP contribution in [0.2, 0.25) is 5.02 Å². The third-order valence-electron chi connectivity index (χ3n) is 4.60. The summed E-state index contributed by atoms with van der Waals surface area (Å²) in [6.07, 6.45) is 2.02. The van der Waals surface area contributed by atoms with Gasteiger partial charge in [-0.25, -0.2) is 9.48 Å². The van der Waals surface area contributed by atoms with Gasteiger partial charge >= 0.3 is 5.97 Å². The van der Waals surface area contributed by atoms with Gasteiger partial charge in [0.1, 0.15) is 9.71 Å². The number of nitrogens with zero attached hydrogens (tertiary/aromatic N) is 3. The van der Waals surface area contributed by atoms with Crippen LogP contribution < -0.4 is 0 Å². The summed E-state index contributed by atoms with van der Waals surface area (Å²) in [4.78, 5) is 27.5. The zero-order valence-corrected chi connectivity index (χ0v) is 16.3. The molecule has 0 bridgehead atoms. The molecule has 140 valence electrons. The Hall–Kier alpha value is -2.38. The van der Waals surface area contributed by atoms with Crippen molar-refractivity contribution in [2.75, 3.05) is 19.7 Å². The SMILES string of the molecule is Cc1nn(-c2ccc(Cl)cc2)c2sc(C(=O)OCC(=O)N3CCCC3)cc12. The topological polar surface area (TPSA) is 64.4 Å². The Morgan fingerprint density at radius 2 is 1.93 bits per heavy atom. The second-order valence-corrected chi connectivity index (χ2v) is 7.93. The summed E-state index contributed by atoms with van der Waals surface area (Å²) >= 11 is 7.26. The lowest BCUT2D eigenvalue weighted by Gasteiger charge is -2.14. The van der Waals surface area contributed by atoms with Gasteiger partial charge in [0.05, 0.1) is 11.4 Å². The van der Waals surface area contributed by atoms with Crippen molar-refractivity contribution in [1.29, 1.82) is 0 Å². The summed E-state index contributed by atoms with van der Waals surface area (Å²) in [6, 6.07) is 9.12. The third-order valence-corrected chi connectivity index (χ3v) is 5.95. The number of aromatic nitrogens is 2. The highest BCUT2D eigenvalue weighted by Gasteiger charge is 2.22. The van der Waals surface area contributed by atoms with E-state index in [1.165, 1.54) is 11.3 Å². The molecule has 0 atom stereocenters. The van der Waals surface area contributed by atoms with Crippen molar-refractivity contribution in [3.8, 4) is 5.69 Å². The molecule has 0 N–H and O–H groups in total. The molecule has 6 nitrogen and oxygen atoms in total. The van der Waals surface area contributed by atoms with E-state index in [0.717, 1.165) is 47.5 Å². The molecule has 0 aliphatic carbocycles. The molecule has 0 saturated carbocycles. The van der Waals surface area contributed by atoms with Crippen LogP contribution in [0.1, 0.15) is 28.2 Å². The van der Waals surface area contributed by atoms with Crippen LogP contribution in [0.5, 0.6) is 0 Å². The lowest BCUT2D eigenvalue weighted by molar-refractivity contribution is -0.133. The highest BCUT2D eigenvalue weighted by molar-refractivity contribution is 7.20. The van der Waals surface area contributed by atoms with Gasteiger partial charge in [0, 0.05) is 23.5 Å². The van der Waals surface area contributed by atoms with Crippen LogP contribution in [-0.4, -0.2) is 46.3 Å². The fourth-order valence-corrected chi connectivity index (χ4v) is 4.36. The Kier molecular flexibility index (Phi) is 4.88. The molecule has 8 heteroatoms. The van der Waals surface area contributed by atoms with Crippen LogP contribution in [-0.2, 0) is 9.53 Å². The minimum atomic E-state index is -0.481. The molecule has 3 aromatic rings. The number of hydrogen-bond donors (Lipinski definition) is 0. The molecule has 0 spiro atoms. The first-order valence-electron chi connectivity index (χ1n) is 8.73. The van der Waals surface area contributed by atoms with Crippen LogP contribution in [0, 0.1) is 6.92 Å². The molecule has 3 heterocycles. The van der Waals surface area contributed by atoms with Gasteiger partial charge in [0.15, 0.2) is 6.61 Å². The Bertz CT molecular complexity index is 1000. The van der Waals surface area contributed by atoms with Gasteiger partial charge in [-0.1, -0.05) is 11.6 Å². The smallest absolute Gasteiger partial charge is 0.348 e. The molecule has 1 fully saturated rings. The molecule has 1 amide bonds. The second kappa shape index (κ2) is 7.32. The number of aryl methyl sites for hydroxylation is 1. The number of rotatable bonds is 4. The first-order valence-corrected chi connectivity index (χ1v) is 9.92. The number of thiophene rings is 1. The van der Waals surface area contributed by atoms with Gasteiger partial charge in [-0.2, -0.15) is 5.10 Å². The van der Waals surface area contributed by atoms with Gasteiger partial charge in [-0.3, -0.25) is 4.79 Å². The van der Waals surface area contributed by atoms with Gasteiger partial charge in [-0.15, -0.1) is 11.3 Å². The molecule has 2 aromatic heterocycles. The van der Waals surface area contributed by atoms with Crippen molar-refractivity contribution in [3.05, 3.63) is 45.9 Å². The van der Waals surface area contributed by atoms with Crippen molar-refractivity contribution in [1.82, 2.24) is 14.7 Å². The van der Waals surface area contributed by atoms with Crippen LogP contribution in [0.3, 0.4) is 0 Å². The fraction of sp³-hybridized carbons (Fsp3) is 0.316. The molecule has 27 heavy (non-hydrogen) atoms. The zero-order chi connectivity index (χ0) is 19.0. The Morgan fingerprint density at radius 3 is 2.63 bits per heavy atom.